The van der Waals surface area contributed by atoms with Crippen LogP contribution >= 0.6 is 37.9 Å². The summed E-state index contributed by atoms with van der Waals surface area (Å²) in [5.41, 5.74) is 0.404. The number of nitrogens with one attached hydrogen (secondary N) is 2. The zero-order chi connectivity index (χ0) is 16.4. The lowest BCUT2D eigenvalue weighted by molar-refractivity contribution is 0.225. The van der Waals surface area contributed by atoms with Crippen molar-refractivity contribution in [3.05, 3.63) is 12.2 Å². The Morgan fingerprint density at radius 3 is 2.32 bits per heavy atom. The van der Waals surface area contributed by atoms with Gasteiger partial charge in [0.15, 0.2) is 0 Å². The average Bonchev–Trinajstić information content (AvgIpc) is 2.43. The van der Waals surface area contributed by atoms with Gasteiger partial charge >= 0.3 is 0 Å². The molecule has 1 aliphatic carbocycles. The molecule has 0 fully saturated rings. The van der Waals surface area contributed by atoms with Crippen molar-refractivity contribution in [1.29, 1.82) is 0 Å². The molecule has 130 valence electrons. The lowest BCUT2D eigenvalue weighted by Crippen LogP contribution is -2.44. The zero-order valence-corrected chi connectivity index (χ0v) is 16.8. The van der Waals surface area contributed by atoms with Crippen molar-refractivity contribution in [1.82, 2.24) is 10.6 Å². The maximum absolute atomic E-state index is 4.68. The zero-order valence-electron chi connectivity index (χ0n) is 14.1. The molecule has 5 heteroatoms. The van der Waals surface area contributed by atoms with Gasteiger partial charge in [0.1, 0.15) is 5.50 Å². The van der Waals surface area contributed by atoms with Gasteiger partial charge in [-0.3, -0.25) is 10.6 Å². The van der Waals surface area contributed by atoms with Crippen molar-refractivity contribution in [3.8, 4) is 0 Å². The third-order valence-corrected chi connectivity index (χ3v) is 5.34. The number of thiol groups is 3. The van der Waals surface area contributed by atoms with Crippen LogP contribution in [0.4, 0.5) is 0 Å². The van der Waals surface area contributed by atoms with Gasteiger partial charge in [-0.15, -0.1) is 12.6 Å². The molecule has 0 saturated carbocycles. The minimum absolute atomic E-state index is 0.0583. The molecule has 2 N–H and O–H groups in total. The first-order chi connectivity index (χ1) is 10.4. The SMILES string of the molecule is CC(S)NC(S)NC(S)CC[C@@]1(C)CCC/C=C\CCCC1. The topological polar surface area (TPSA) is 24.1 Å². The van der Waals surface area contributed by atoms with Gasteiger partial charge in [0.05, 0.1) is 5.37 Å². The van der Waals surface area contributed by atoms with Gasteiger partial charge in [-0.2, -0.15) is 25.3 Å². The Morgan fingerprint density at radius 1 is 1.00 bits per heavy atom. The number of allylic oxidation sites excluding steroid dienone is 2. The summed E-state index contributed by atoms with van der Waals surface area (Å²) in [6.45, 7) is 4.46. The van der Waals surface area contributed by atoms with Crippen molar-refractivity contribution in [2.24, 2.45) is 5.41 Å². The fraction of sp³-hybridized carbons (Fsp3) is 0.882. The standard InChI is InChI=1S/C17H34N2S3/c1-14(20)18-16(22)19-15(21)10-13-17(2)11-8-6-4-3-5-7-9-12-17/h3-4,14-16,18-22H,5-13H2,1-2H3/b4-3-/t14?,15?,16?,17-/m0/s1. The summed E-state index contributed by atoms with van der Waals surface area (Å²) in [5.74, 6) is 0. The molecule has 4 atom stereocenters. The van der Waals surface area contributed by atoms with E-state index < -0.39 is 0 Å². The molecular weight excluding hydrogens is 328 g/mol. The van der Waals surface area contributed by atoms with E-state index in [1.54, 1.807) is 0 Å². The lowest BCUT2D eigenvalue weighted by atomic mass is 9.76. The van der Waals surface area contributed by atoms with Crippen LogP contribution in [0.2, 0.25) is 0 Å². The highest BCUT2D eigenvalue weighted by atomic mass is 32.1. The van der Waals surface area contributed by atoms with Crippen LogP contribution in [-0.2, 0) is 0 Å². The third kappa shape index (κ3) is 9.76. The first-order valence-electron chi connectivity index (χ1n) is 8.63. The maximum Gasteiger partial charge on any atom is 0.104 e. The highest BCUT2D eigenvalue weighted by molar-refractivity contribution is 7.82. The van der Waals surface area contributed by atoms with E-state index in [2.05, 4.69) is 67.6 Å². The van der Waals surface area contributed by atoms with Crippen molar-refractivity contribution in [3.63, 3.8) is 0 Å². The molecule has 0 aromatic rings. The molecule has 0 amide bonds. The summed E-state index contributed by atoms with van der Waals surface area (Å²) in [6, 6.07) is 0. The Morgan fingerprint density at radius 2 is 1.64 bits per heavy atom. The van der Waals surface area contributed by atoms with Gasteiger partial charge in [0.25, 0.3) is 0 Å². The fourth-order valence-electron chi connectivity index (χ4n) is 3.10. The summed E-state index contributed by atoms with van der Waals surface area (Å²) in [5, 5.41) is 6.89. The van der Waals surface area contributed by atoms with Crippen molar-refractivity contribution < 1.29 is 0 Å². The first kappa shape index (κ1) is 20.8. The van der Waals surface area contributed by atoms with Crippen molar-refractivity contribution in [2.45, 2.75) is 87.9 Å². The Labute approximate surface area is 153 Å². The molecule has 3 unspecified atom stereocenters. The molecule has 0 aliphatic heterocycles. The summed E-state index contributed by atoms with van der Waals surface area (Å²) < 4.78 is 0. The summed E-state index contributed by atoms with van der Waals surface area (Å²) >= 11 is 13.5. The van der Waals surface area contributed by atoms with Crippen LogP contribution in [0, 0.1) is 5.41 Å². The van der Waals surface area contributed by atoms with Gasteiger partial charge in [-0.25, -0.2) is 0 Å². The van der Waals surface area contributed by atoms with Gasteiger partial charge < -0.3 is 0 Å². The van der Waals surface area contributed by atoms with E-state index in [1.807, 2.05) is 6.92 Å². The molecule has 1 rings (SSSR count). The molecule has 22 heavy (non-hydrogen) atoms. The van der Waals surface area contributed by atoms with Crippen LogP contribution in [0.3, 0.4) is 0 Å². The van der Waals surface area contributed by atoms with E-state index in [0.29, 0.717) is 5.41 Å². The molecule has 0 radical (unpaired) electrons. The van der Waals surface area contributed by atoms with Gasteiger partial charge in [0.2, 0.25) is 0 Å². The minimum Gasteiger partial charge on any atom is -0.282 e. The van der Waals surface area contributed by atoms with Gasteiger partial charge in [-0.1, -0.05) is 25.5 Å². The molecule has 0 spiro atoms. The van der Waals surface area contributed by atoms with E-state index >= 15 is 0 Å². The summed E-state index contributed by atoms with van der Waals surface area (Å²) in [6.07, 6.45) is 16.2. The second-order valence-corrected chi connectivity index (χ2v) is 8.80. The highest BCUT2D eigenvalue weighted by Gasteiger charge is 2.24. The predicted molar refractivity (Wildman–Crippen MR) is 109 cm³/mol. The normalized spacial score (nSPS) is 29.5. The minimum atomic E-state index is -0.0583. The van der Waals surface area contributed by atoms with Crippen LogP contribution < -0.4 is 10.6 Å². The maximum atomic E-state index is 4.68. The monoisotopic (exact) mass is 362 g/mol. The van der Waals surface area contributed by atoms with Crippen LogP contribution in [0.1, 0.15) is 71.6 Å². The second-order valence-electron chi connectivity index (χ2n) is 6.89. The summed E-state index contributed by atoms with van der Waals surface area (Å²) in [7, 11) is 0. The number of rotatable bonds is 7. The van der Waals surface area contributed by atoms with Crippen LogP contribution in [0.15, 0.2) is 12.2 Å². The molecule has 0 aromatic carbocycles. The van der Waals surface area contributed by atoms with E-state index in [-0.39, 0.29) is 16.2 Å². The quantitative estimate of drug-likeness (QED) is 0.250. The third-order valence-electron chi connectivity index (χ3n) is 4.49. The largest absolute Gasteiger partial charge is 0.282 e. The first-order valence-corrected chi connectivity index (χ1v) is 10.2. The van der Waals surface area contributed by atoms with Crippen molar-refractivity contribution >= 4 is 37.9 Å². The van der Waals surface area contributed by atoms with Crippen LogP contribution in [0.5, 0.6) is 0 Å². The number of hydrogen-bond donors (Lipinski definition) is 5. The van der Waals surface area contributed by atoms with E-state index in [4.69, 9.17) is 0 Å². The van der Waals surface area contributed by atoms with E-state index in [9.17, 15) is 0 Å². The van der Waals surface area contributed by atoms with Gasteiger partial charge in [0, 0.05) is 5.37 Å². The number of hydrogen-bond acceptors (Lipinski definition) is 5. The molecule has 1 aliphatic rings. The molecule has 2 nitrogen and oxygen atoms in total. The van der Waals surface area contributed by atoms with Gasteiger partial charge in [-0.05, 0) is 63.7 Å². The average molecular weight is 363 g/mol. The fourth-order valence-corrected chi connectivity index (χ4v) is 4.16. The molecule has 0 saturated heterocycles. The molecule has 0 bridgehead atoms. The van der Waals surface area contributed by atoms with Crippen molar-refractivity contribution in [2.75, 3.05) is 0 Å². The highest BCUT2D eigenvalue weighted by Crippen LogP contribution is 2.37. The Hall–Kier alpha value is 0.710. The Kier molecular flexibility index (Phi) is 10.7. The Balaban J connectivity index is 2.36. The second kappa shape index (κ2) is 11.3. The summed E-state index contributed by atoms with van der Waals surface area (Å²) in [4.78, 5) is 0. The van der Waals surface area contributed by atoms with E-state index in [0.717, 1.165) is 6.42 Å². The molecule has 0 aromatic heterocycles. The van der Waals surface area contributed by atoms with E-state index in [1.165, 1.54) is 51.4 Å². The van der Waals surface area contributed by atoms with Crippen LogP contribution in [0.25, 0.3) is 0 Å². The predicted octanol–water partition coefficient (Wildman–Crippen LogP) is 5.00. The Bertz CT molecular complexity index is 323. The van der Waals surface area contributed by atoms with Crippen LogP contribution in [-0.4, -0.2) is 16.2 Å². The lowest BCUT2D eigenvalue weighted by Gasteiger charge is -2.32. The molecular formula is C17H34N2S3. The smallest absolute Gasteiger partial charge is 0.104 e. The molecule has 0 heterocycles.